The average molecular weight is 245 g/mol. The Kier molecular flexibility index (Phi) is 6.80. The molecule has 17 heavy (non-hydrogen) atoms. The van der Waals surface area contributed by atoms with Gasteiger partial charge in [0, 0.05) is 7.05 Å². The summed E-state index contributed by atoms with van der Waals surface area (Å²) in [5.41, 5.74) is 0. The minimum absolute atomic E-state index is 0.0130. The van der Waals surface area contributed by atoms with E-state index in [1.165, 1.54) is 4.90 Å². The number of amides is 1. The van der Waals surface area contributed by atoms with E-state index in [4.69, 9.17) is 4.74 Å². The number of hydrogen-bond acceptors (Lipinski definition) is 4. The van der Waals surface area contributed by atoms with Crippen LogP contribution in [0.1, 0.15) is 34.1 Å². The molecule has 0 aromatic rings. The van der Waals surface area contributed by atoms with E-state index in [9.17, 15) is 14.7 Å². The Bertz CT molecular complexity index is 263. The monoisotopic (exact) mass is 245 g/mol. The molecule has 0 aromatic carbocycles. The molecule has 2 atom stereocenters. The average Bonchev–Trinajstić information content (AvgIpc) is 2.16. The molecule has 0 heterocycles. The van der Waals surface area contributed by atoms with E-state index >= 15 is 0 Å². The van der Waals surface area contributed by atoms with Crippen molar-refractivity contribution in [3.63, 3.8) is 0 Å². The maximum absolute atomic E-state index is 11.8. The van der Waals surface area contributed by atoms with Crippen molar-refractivity contribution in [2.75, 3.05) is 13.7 Å². The first kappa shape index (κ1) is 15.9. The van der Waals surface area contributed by atoms with Gasteiger partial charge in [-0.1, -0.05) is 13.8 Å². The van der Waals surface area contributed by atoms with E-state index in [-0.39, 0.29) is 18.2 Å². The lowest BCUT2D eigenvalue weighted by atomic mass is 10.0. The number of carbonyl (C=O) groups is 2. The zero-order valence-electron chi connectivity index (χ0n) is 11.3. The highest BCUT2D eigenvalue weighted by molar-refractivity contribution is 5.84. The minimum atomic E-state index is -0.708. The van der Waals surface area contributed by atoms with Crippen LogP contribution >= 0.6 is 0 Å². The Morgan fingerprint density at radius 2 is 1.82 bits per heavy atom. The number of ether oxygens (including phenoxy) is 1. The molecule has 1 amide bonds. The van der Waals surface area contributed by atoms with Crippen molar-refractivity contribution in [3.8, 4) is 0 Å². The molecule has 0 radical (unpaired) electrons. The number of rotatable bonds is 6. The molecule has 0 saturated carbocycles. The fraction of sp³-hybridized carbons (Fsp3) is 0.833. The highest BCUT2D eigenvalue weighted by Gasteiger charge is 2.31. The van der Waals surface area contributed by atoms with E-state index in [1.54, 1.807) is 20.9 Å². The van der Waals surface area contributed by atoms with Crippen LogP contribution in [0.25, 0.3) is 0 Å². The van der Waals surface area contributed by atoms with E-state index < -0.39 is 18.1 Å². The molecule has 0 aromatic heterocycles. The van der Waals surface area contributed by atoms with E-state index in [1.807, 2.05) is 13.8 Å². The summed E-state index contributed by atoms with van der Waals surface area (Å²) in [5, 5.41) is 9.17. The van der Waals surface area contributed by atoms with Crippen molar-refractivity contribution in [1.29, 1.82) is 0 Å². The van der Waals surface area contributed by atoms with Crippen LogP contribution in [0.4, 0.5) is 0 Å². The summed E-state index contributed by atoms with van der Waals surface area (Å²) in [7, 11) is 1.56. The number of esters is 1. The fourth-order valence-electron chi connectivity index (χ4n) is 1.66. The van der Waals surface area contributed by atoms with Crippen molar-refractivity contribution in [2.45, 2.75) is 46.3 Å². The quantitative estimate of drug-likeness (QED) is 0.703. The molecular weight excluding hydrogens is 222 g/mol. The summed E-state index contributed by atoms with van der Waals surface area (Å²) in [6.45, 7) is 7.27. The lowest BCUT2D eigenvalue weighted by Gasteiger charge is -2.29. The van der Waals surface area contributed by atoms with Gasteiger partial charge in [-0.15, -0.1) is 0 Å². The number of nitrogens with zero attached hydrogens (tertiary/aromatic N) is 1. The molecule has 2 unspecified atom stereocenters. The number of aliphatic hydroxyl groups is 1. The third kappa shape index (κ3) is 5.17. The number of hydrogen-bond donors (Lipinski definition) is 1. The lowest BCUT2D eigenvalue weighted by molar-refractivity contribution is -0.156. The van der Waals surface area contributed by atoms with Crippen LogP contribution in [-0.2, 0) is 14.3 Å². The summed E-state index contributed by atoms with van der Waals surface area (Å²) in [5.74, 6) is -0.687. The number of carbonyl (C=O) groups excluding carboxylic acids is 2. The Morgan fingerprint density at radius 1 is 1.29 bits per heavy atom. The lowest BCUT2D eigenvalue weighted by Crippen LogP contribution is -2.47. The van der Waals surface area contributed by atoms with Crippen molar-refractivity contribution in [3.05, 3.63) is 0 Å². The molecule has 0 aliphatic heterocycles. The molecule has 0 bridgehead atoms. The van der Waals surface area contributed by atoms with Crippen molar-refractivity contribution >= 4 is 11.9 Å². The van der Waals surface area contributed by atoms with Gasteiger partial charge < -0.3 is 14.7 Å². The maximum Gasteiger partial charge on any atom is 0.329 e. The van der Waals surface area contributed by atoms with Gasteiger partial charge in [0.05, 0.1) is 19.1 Å². The zero-order chi connectivity index (χ0) is 13.6. The SMILES string of the molecule is CCOC(=O)C(C(C)C)N(C)C(=O)CC(C)O. The predicted molar refractivity (Wildman–Crippen MR) is 64.3 cm³/mol. The van der Waals surface area contributed by atoms with Gasteiger partial charge in [0.25, 0.3) is 0 Å². The smallest absolute Gasteiger partial charge is 0.329 e. The van der Waals surface area contributed by atoms with Crippen LogP contribution < -0.4 is 0 Å². The topological polar surface area (TPSA) is 66.8 Å². The minimum Gasteiger partial charge on any atom is -0.464 e. The van der Waals surface area contributed by atoms with Crippen LogP contribution in [0.2, 0.25) is 0 Å². The van der Waals surface area contributed by atoms with Gasteiger partial charge in [-0.3, -0.25) is 4.79 Å². The van der Waals surface area contributed by atoms with Gasteiger partial charge in [0.1, 0.15) is 6.04 Å². The first-order valence-electron chi connectivity index (χ1n) is 5.91. The molecule has 0 saturated heterocycles. The summed E-state index contributed by atoms with van der Waals surface area (Å²) in [6, 6.07) is -0.596. The van der Waals surface area contributed by atoms with Crippen molar-refractivity contribution in [2.24, 2.45) is 5.92 Å². The Hall–Kier alpha value is -1.10. The van der Waals surface area contributed by atoms with Gasteiger partial charge in [-0.05, 0) is 19.8 Å². The second-order valence-corrected chi connectivity index (χ2v) is 4.50. The molecule has 5 heteroatoms. The summed E-state index contributed by atoms with van der Waals surface area (Å²) < 4.78 is 4.95. The Morgan fingerprint density at radius 3 is 2.18 bits per heavy atom. The van der Waals surface area contributed by atoms with Crippen molar-refractivity contribution < 1.29 is 19.4 Å². The maximum atomic E-state index is 11.8. The molecule has 100 valence electrons. The van der Waals surface area contributed by atoms with Crippen molar-refractivity contribution in [1.82, 2.24) is 4.90 Å². The van der Waals surface area contributed by atoms with Crippen LogP contribution in [0, 0.1) is 5.92 Å². The van der Waals surface area contributed by atoms with Gasteiger partial charge in [-0.2, -0.15) is 0 Å². The Labute approximate surface area is 103 Å². The third-order valence-electron chi connectivity index (χ3n) is 2.44. The van der Waals surface area contributed by atoms with E-state index in [0.717, 1.165) is 0 Å². The highest BCUT2D eigenvalue weighted by Crippen LogP contribution is 2.13. The second-order valence-electron chi connectivity index (χ2n) is 4.50. The van der Waals surface area contributed by atoms with Crippen LogP contribution in [-0.4, -0.2) is 47.7 Å². The molecule has 0 aliphatic carbocycles. The van der Waals surface area contributed by atoms with Crippen LogP contribution in [0.3, 0.4) is 0 Å². The Balaban J connectivity index is 4.70. The van der Waals surface area contributed by atoms with Gasteiger partial charge in [-0.25, -0.2) is 4.79 Å². The highest BCUT2D eigenvalue weighted by atomic mass is 16.5. The number of aliphatic hydroxyl groups excluding tert-OH is 1. The first-order valence-corrected chi connectivity index (χ1v) is 5.91. The van der Waals surface area contributed by atoms with Crippen LogP contribution in [0.5, 0.6) is 0 Å². The van der Waals surface area contributed by atoms with Gasteiger partial charge >= 0.3 is 5.97 Å². The molecule has 5 nitrogen and oxygen atoms in total. The molecule has 0 spiro atoms. The summed E-state index contributed by atoms with van der Waals surface area (Å²) >= 11 is 0. The predicted octanol–water partition coefficient (Wildman–Crippen LogP) is 0.803. The standard InChI is InChI=1S/C12H23NO4/c1-6-17-12(16)11(8(2)3)13(5)10(15)7-9(4)14/h8-9,11,14H,6-7H2,1-5H3. The molecule has 1 N–H and O–H groups in total. The van der Waals surface area contributed by atoms with Gasteiger partial charge in [0.2, 0.25) is 5.91 Å². The number of likely N-dealkylation sites (N-methyl/N-ethyl adjacent to an activating group) is 1. The second kappa shape index (κ2) is 7.27. The van der Waals surface area contributed by atoms with E-state index in [0.29, 0.717) is 6.61 Å². The normalized spacial score (nSPS) is 14.3. The summed E-state index contributed by atoms with van der Waals surface area (Å²) in [6.07, 6.45) is -0.695. The van der Waals surface area contributed by atoms with E-state index in [2.05, 4.69) is 0 Å². The molecule has 0 rings (SSSR count). The molecule has 0 fully saturated rings. The van der Waals surface area contributed by atoms with Crippen LogP contribution in [0.15, 0.2) is 0 Å². The molecular formula is C12H23NO4. The fourth-order valence-corrected chi connectivity index (χ4v) is 1.66. The summed E-state index contributed by atoms with van der Waals surface area (Å²) in [4.78, 5) is 24.9. The largest absolute Gasteiger partial charge is 0.464 e. The zero-order valence-corrected chi connectivity index (χ0v) is 11.3. The van der Waals surface area contributed by atoms with Gasteiger partial charge in [0.15, 0.2) is 0 Å². The first-order chi connectivity index (χ1) is 7.81. The molecule has 0 aliphatic rings. The third-order valence-corrected chi connectivity index (χ3v) is 2.44.